The zero-order valence-electron chi connectivity index (χ0n) is 20.7. The van der Waals surface area contributed by atoms with Gasteiger partial charge in [0.25, 0.3) is 5.91 Å². The Labute approximate surface area is 215 Å². The van der Waals surface area contributed by atoms with E-state index in [1.807, 2.05) is 36.4 Å². The van der Waals surface area contributed by atoms with Crippen LogP contribution in [0, 0.1) is 0 Å². The molecule has 1 aromatic heterocycles. The van der Waals surface area contributed by atoms with Gasteiger partial charge in [-0.3, -0.25) is 9.59 Å². The lowest BCUT2D eigenvalue weighted by Crippen LogP contribution is -2.46. The average Bonchev–Trinajstić information content (AvgIpc) is 2.92. The first kappa shape index (κ1) is 24.1. The number of fused-ring (bicyclic) bond motifs is 1. The Hall–Kier alpha value is -4.59. The number of carbonyl (C=O) groups excluding carboxylic acids is 2. The Morgan fingerprint density at radius 1 is 0.811 bits per heavy atom. The Balaban J connectivity index is 1.24. The molecule has 188 valence electrons. The molecular weight excluding hydrogens is 466 g/mol. The van der Waals surface area contributed by atoms with Gasteiger partial charge in [-0.2, -0.15) is 0 Å². The summed E-state index contributed by atoms with van der Waals surface area (Å²) in [7, 11) is 0. The highest BCUT2D eigenvalue weighted by molar-refractivity contribution is 5.94. The molecule has 0 atom stereocenters. The number of rotatable bonds is 7. The van der Waals surface area contributed by atoms with E-state index >= 15 is 0 Å². The third-order valence-corrected chi connectivity index (χ3v) is 6.22. The summed E-state index contributed by atoms with van der Waals surface area (Å²) in [5.41, 5.74) is 3.16. The van der Waals surface area contributed by atoms with Gasteiger partial charge in [0.2, 0.25) is 5.91 Å². The number of nitrogens with one attached hydrogen (secondary N) is 2. The first-order valence-electron chi connectivity index (χ1n) is 12.3. The summed E-state index contributed by atoms with van der Waals surface area (Å²) in [5, 5.41) is 6.46. The predicted octanol–water partition coefficient (Wildman–Crippen LogP) is 4.54. The molecular formula is C29H29N5O3. The Morgan fingerprint density at radius 3 is 2.27 bits per heavy atom. The zero-order valence-corrected chi connectivity index (χ0v) is 20.7. The molecule has 37 heavy (non-hydrogen) atoms. The molecule has 0 saturated carbocycles. The monoisotopic (exact) mass is 495 g/mol. The SMILES string of the molecule is CC(=O)Nc1cccc(NC(=O)COc2cccc3ccc(N4CCN(c5ccccc5)CC4)nc23)c1. The molecule has 8 nitrogen and oxygen atoms in total. The predicted molar refractivity (Wildman–Crippen MR) is 147 cm³/mol. The molecule has 8 heteroatoms. The van der Waals surface area contributed by atoms with Crippen molar-refractivity contribution in [2.45, 2.75) is 6.92 Å². The normalized spacial score (nSPS) is 13.3. The molecule has 1 aliphatic rings. The molecule has 5 rings (SSSR count). The Morgan fingerprint density at radius 2 is 1.51 bits per heavy atom. The zero-order chi connectivity index (χ0) is 25.6. The van der Waals surface area contributed by atoms with E-state index in [0.29, 0.717) is 17.1 Å². The van der Waals surface area contributed by atoms with Crippen LogP contribution in [-0.4, -0.2) is 49.6 Å². The van der Waals surface area contributed by atoms with Gasteiger partial charge in [0, 0.05) is 55.6 Å². The number of benzene rings is 3. The van der Waals surface area contributed by atoms with E-state index < -0.39 is 0 Å². The van der Waals surface area contributed by atoms with Gasteiger partial charge in [-0.25, -0.2) is 4.98 Å². The van der Waals surface area contributed by atoms with Gasteiger partial charge >= 0.3 is 0 Å². The number of pyridine rings is 1. The number of carbonyl (C=O) groups is 2. The maximum atomic E-state index is 12.6. The Bertz CT molecular complexity index is 1400. The number of nitrogens with zero attached hydrogens (tertiary/aromatic N) is 3. The molecule has 2 amide bonds. The van der Waals surface area contributed by atoms with E-state index in [2.05, 4.69) is 44.7 Å². The van der Waals surface area contributed by atoms with Crippen molar-refractivity contribution < 1.29 is 14.3 Å². The number of piperazine rings is 1. The summed E-state index contributed by atoms with van der Waals surface area (Å²) in [4.78, 5) is 33.4. The molecule has 0 spiro atoms. The van der Waals surface area contributed by atoms with E-state index in [-0.39, 0.29) is 18.4 Å². The topological polar surface area (TPSA) is 86.8 Å². The van der Waals surface area contributed by atoms with Crippen LogP contribution >= 0.6 is 0 Å². The minimum absolute atomic E-state index is 0.162. The maximum absolute atomic E-state index is 12.6. The summed E-state index contributed by atoms with van der Waals surface area (Å²) < 4.78 is 5.89. The van der Waals surface area contributed by atoms with E-state index in [1.165, 1.54) is 12.6 Å². The van der Waals surface area contributed by atoms with E-state index in [9.17, 15) is 9.59 Å². The van der Waals surface area contributed by atoms with Gasteiger partial charge in [0.05, 0.1) is 0 Å². The van der Waals surface area contributed by atoms with Crippen molar-refractivity contribution in [1.29, 1.82) is 0 Å². The number of aromatic nitrogens is 1. The van der Waals surface area contributed by atoms with Crippen molar-refractivity contribution in [2.75, 3.05) is 53.2 Å². The highest BCUT2D eigenvalue weighted by atomic mass is 16.5. The number of ether oxygens (including phenoxy) is 1. The highest BCUT2D eigenvalue weighted by Crippen LogP contribution is 2.27. The molecule has 0 radical (unpaired) electrons. The Kier molecular flexibility index (Phi) is 7.16. The standard InChI is InChI=1S/C29H29N5O3/c1-21(35)30-23-8-6-9-24(19-23)31-28(36)20-37-26-12-5-7-22-13-14-27(32-29(22)26)34-17-15-33(16-18-34)25-10-3-2-4-11-25/h2-14,19H,15-18,20H2,1H3,(H,30,35)(H,31,36). The van der Waals surface area contributed by atoms with Crippen LogP contribution in [0.25, 0.3) is 10.9 Å². The van der Waals surface area contributed by atoms with Gasteiger partial charge < -0.3 is 25.2 Å². The van der Waals surface area contributed by atoms with Gasteiger partial charge in [-0.05, 0) is 48.5 Å². The molecule has 2 heterocycles. The van der Waals surface area contributed by atoms with E-state index in [1.54, 1.807) is 24.3 Å². The van der Waals surface area contributed by atoms with Crippen LogP contribution in [0.15, 0.2) is 84.9 Å². The molecule has 3 aromatic carbocycles. The van der Waals surface area contributed by atoms with Crippen molar-refractivity contribution in [3.63, 3.8) is 0 Å². The lowest BCUT2D eigenvalue weighted by Gasteiger charge is -2.36. The molecule has 0 bridgehead atoms. The number of para-hydroxylation sites is 2. The fraction of sp³-hybridized carbons (Fsp3) is 0.207. The summed E-state index contributed by atoms with van der Waals surface area (Å²) in [6, 6.07) is 27.2. The van der Waals surface area contributed by atoms with Gasteiger partial charge in [0.15, 0.2) is 6.61 Å². The number of anilines is 4. The maximum Gasteiger partial charge on any atom is 0.262 e. The van der Waals surface area contributed by atoms with Crippen LogP contribution in [0.5, 0.6) is 5.75 Å². The fourth-order valence-electron chi connectivity index (χ4n) is 4.45. The van der Waals surface area contributed by atoms with Crippen molar-refractivity contribution in [3.8, 4) is 5.75 Å². The lowest BCUT2D eigenvalue weighted by molar-refractivity contribution is -0.118. The second-order valence-electron chi connectivity index (χ2n) is 8.91. The molecule has 1 aliphatic heterocycles. The van der Waals surface area contributed by atoms with Crippen LogP contribution in [0.3, 0.4) is 0 Å². The fourth-order valence-corrected chi connectivity index (χ4v) is 4.45. The summed E-state index contributed by atoms with van der Waals surface area (Å²) in [5.74, 6) is 0.984. The molecule has 4 aromatic rings. The van der Waals surface area contributed by atoms with Gasteiger partial charge in [-0.15, -0.1) is 0 Å². The molecule has 1 fully saturated rings. The first-order valence-corrected chi connectivity index (χ1v) is 12.3. The third kappa shape index (κ3) is 5.98. The summed E-state index contributed by atoms with van der Waals surface area (Å²) in [6.07, 6.45) is 0. The minimum Gasteiger partial charge on any atom is -0.481 e. The van der Waals surface area contributed by atoms with Crippen LogP contribution in [0.4, 0.5) is 22.9 Å². The van der Waals surface area contributed by atoms with Crippen LogP contribution in [0.1, 0.15) is 6.92 Å². The summed E-state index contributed by atoms with van der Waals surface area (Å²) in [6.45, 7) is 4.86. The van der Waals surface area contributed by atoms with Crippen molar-refractivity contribution >= 4 is 45.6 Å². The molecule has 0 unspecified atom stereocenters. The van der Waals surface area contributed by atoms with Gasteiger partial charge in [-0.1, -0.05) is 36.4 Å². The van der Waals surface area contributed by atoms with Crippen LogP contribution in [0.2, 0.25) is 0 Å². The smallest absolute Gasteiger partial charge is 0.262 e. The quantitative estimate of drug-likeness (QED) is 0.392. The molecule has 0 aliphatic carbocycles. The molecule has 2 N–H and O–H groups in total. The minimum atomic E-state index is -0.301. The summed E-state index contributed by atoms with van der Waals surface area (Å²) >= 11 is 0. The first-order chi connectivity index (χ1) is 18.0. The molecule has 1 saturated heterocycles. The largest absolute Gasteiger partial charge is 0.481 e. The van der Waals surface area contributed by atoms with E-state index in [0.717, 1.165) is 42.9 Å². The third-order valence-electron chi connectivity index (χ3n) is 6.22. The lowest BCUT2D eigenvalue weighted by atomic mass is 10.2. The van der Waals surface area contributed by atoms with Crippen molar-refractivity contribution in [1.82, 2.24) is 4.98 Å². The number of hydrogen-bond donors (Lipinski definition) is 2. The second kappa shape index (κ2) is 11.0. The van der Waals surface area contributed by atoms with Gasteiger partial charge in [0.1, 0.15) is 17.1 Å². The van der Waals surface area contributed by atoms with Crippen molar-refractivity contribution in [2.24, 2.45) is 0 Å². The average molecular weight is 496 g/mol. The van der Waals surface area contributed by atoms with Crippen molar-refractivity contribution in [3.05, 3.63) is 84.9 Å². The number of hydrogen-bond acceptors (Lipinski definition) is 6. The number of amides is 2. The highest BCUT2D eigenvalue weighted by Gasteiger charge is 2.19. The van der Waals surface area contributed by atoms with Crippen LogP contribution in [-0.2, 0) is 9.59 Å². The van der Waals surface area contributed by atoms with Crippen LogP contribution < -0.4 is 25.2 Å². The second-order valence-corrected chi connectivity index (χ2v) is 8.91. The van der Waals surface area contributed by atoms with E-state index in [4.69, 9.17) is 9.72 Å².